The number of amides is 2. The molecule has 8 heteroatoms. The third-order valence-electron chi connectivity index (χ3n) is 7.96. The molecule has 0 saturated carbocycles. The Labute approximate surface area is 222 Å². The molecule has 6 rings (SSSR count). The SMILES string of the molecule is CCN1CCOCCn2cc(c3ccccc32)C2C(=O)NC(=O)C2c2cn(c3ccccc23)CCOCC1. The van der Waals surface area contributed by atoms with Crippen molar-refractivity contribution in [2.75, 3.05) is 46.1 Å². The van der Waals surface area contributed by atoms with Crippen LogP contribution in [0.1, 0.15) is 29.9 Å². The number of nitrogens with zero attached hydrogens (tertiary/aromatic N) is 3. The van der Waals surface area contributed by atoms with Crippen LogP contribution in [0.15, 0.2) is 60.9 Å². The Morgan fingerprint density at radius 3 is 1.63 bits per heavy atom. The van der Waals surface area contributed by atoms with Crippen molar-refractivity contribution in [2.24, 2.45) is 0 Å². The van der Waals surface area contributed by atoms with Crippen LogP contribution < -0.4 is 5.32 Å². The molecule has 1 N–H and O–H groups in total. The summed E-state index contributed by atoms with van der Waals surface area (Å²) in [5, 5.41) is 4.63. The first-order valence-corrected chi connectivity index (χ1v) is 13.5. The van der Waals surface area contributed by atoms with Crippen molar-refractivity contribution in [3.05, 3.63) is 72.1 Å². The van der Waals surface area contributed by atoms with Crippen molar-refractivity contribution in [1.82, 2.24) is 19.4 Å². The number of benzene rings is 2. The van der Waals surface area contributed by atoms with Gasteiger partial charge in [0, 0.05) is 60.4 Å². The lowest BCUT2D eigenvalue weighted by Gasteiger charge is -2.20. The summed E-state index contributed by atoms with van der Waals surface area (Å²) in [7, 11) is 0. The molecule has 4 heterocycles. The van der Waals surface area contributed by atoms with E-state index in [2.05, 4.69) is 38.4 Å². The largest absolute Gasteiger partial charge is 0.378 e. The number of fused-ring (bicyclic) bond motifs is 13. The van der Waals surface area contributed by atoms with Crippen molar-refractivity contribution in [3.63, 3.8) is 0 Å². The summed E-state index contributed by atoms with van der Waals surface area (Å²) in [4.78, 5) is 29.0. The second-order valence-corrected chi connectivity index (χ2v) is 10.1. The maximum atomic E-state index is 13.3. The van der Waals surface area contributed by atoms with Gasteiger partial charge in [-0.3, -0.25) is 19.8 Å². The quantitative estimate of drug-likeness (QED) is 0.394. The van der Waals surface area contributed by atoms with Crippen molar-refractivity contribution in [1.29, 1.82) is 0 Å². The number of aromatic nitrogens is 2. The summed E-state index contributed by atoms with van der Waals surface area (Å²) in [5.74, 6) is -1.70. The molecule has 0 radical (unpaired) electrons. The van der Waals surface area contributed by atoms with Crippen LogP contribution in [0.4, 0.5) is 0 Å². The Morgan fingerprint density at radius 2 is 1.16 bits per heavy atom. The molecule has 0 spiro atoms. The Morgan fingerprint density at radius 1 is 0.711 bits per heavy atom. The minimum atomic E-state index is -0.606. The molecule has 1 saturated heterocycles. The second kappa shape index (κ2) is 10.7. The first kappa shape index (κ1) is 24.9. The monoisotopic (exact) mass is 514 g/mol. The molecule has 4 aromatic rings. The third kappa shape index (κ3) is 4.53. The third-order valence-corrected chi connectivity index (χ3v) is 7.96. The minimum Gasteiger partial charge on any atom is -0.378 e. The fourth-order valence-electron chi connectivity index (χ4n) is 5.98. The zero-order valence-corrected chi connectivity index (χ0v) is 21.8. The molecule has 2 amide bonds. The van der Waals surface area contributed by atoms with E-state index in [4.69, 9.17) is 9.47 Å². The highest BCUT2D eigenvalue weighted by atomic mass is 16.5. The fourth-order valence-corrected chi connectivity index (χ4v) is 5.98. The molecule has 2 aromatic heterocycles. The number of carbonyl (C=O) groups excluding carboxylic acids is 2. The van der Waals surface area contributed by atoms with Crippen LogP contribution in [0, 0.1) is 0 Å². The molecule has 1 fully saturated rings. The summed E-state index contributed by atoms with van der Waals surface area (Å²) in [6, 6.07) is 16.2. The Bertz CT molecular complexity index is 1360. The van der Waals surface area contributed by atoms with Crippen molar-refractivity contribution < 1.29 is 19.1 Å². The summed E-state index contributed by atoms with van der Waals surface area (Å²) in [6.45, 7) is 8.60. The molecule has 2 atom stereocenters. The normalized spacial score (nSPS) is 22.1. The second-order valence-electron chi connectivity index (χ2n) is 10.1. The van der Waals surface area contributed by atoms with Gasteiger partial charge in [-0.1, -0.05) is 43.3 Å². The summed E-state index contributed by atoms with van der Waals surface area (Å²) in [5.41, 5.74) is 3.84. The number of rotatable bonds is 1. The highest BCUT2D eigenvalue weighted by molar-refractivity contribution is 6.13. The highest BCUT2D eigenvalue weighted by Gasteiger charge is 2.45. The molecule has 2 unspecified atom stereocenters. The molecule has 4 bridgehead atoms. The van der Waals surface area contributed by atoms with Crippen molar-refractivity contribution in [2.45, 2.75) is 31.8 Å². The maximum absolute atomic E-state index is 13.3. The van der Waals surface area contributed by atoms with E-state index in [0.29, 0.717) is 39.5 Å². The first-order chi connectivity index (χ1) is 18.7. The zero-order valence-electron chi connectivity index (χ0n) is 21.8. The van der Waals surface area contributed by atoms with E-state index in [-0.39, 0.29) is 11.8 Å². The van der Waals surface area contributed by atoms with E-state index >= 15 is 0 Å². The van der Waals surface area contributed by atoms with E-state index < -0.39 is 11.8 Å². The van der Waals surface area contributed by atoms with Crippen molar-refractivity contribution >= 4 is 33.6 Å². The lowest BCUT2D eigenvalue weighted by molar-refractivity contribution is -0.125. The summed E-state index contributed by atoms with van der Waals surface area (Å²) in [6.07, 6.45) is 4.09. The average Bonchev–Trinajstić information content (AvgIpc) is 3.57. The number of likely N-dealkylation sites (N-methyl/N-ethyl adjacent to an activating group) is 1. The number of imide groups is 1. The van der Waals surface area contributed by atoms with E-state index in [1.807, 2.05) is 48.8 Å². The smallest absolute Gasteiger partial charge is 0.235 e. The predicted octanol–water partition coefficient (Wildman–Crippen LogP) is 3.49. The molecule has 8 nitrogen and oxygen atoms in total. The van der Waals surface area contributed by atoms with Crippen LogP contribution in [0.25, 0.3) is 21.8 Å². The molecule has 198 valence electrons. The van der Waals surface area contributed by atoms with E-state index in [9.17, 15) is 9.59 Å². The Kier molecular flexibility index (Phi) is 7.02. The van der Waals surface area contributed by atoms with Gasteiger partial charge in [0.25, 0.3) is 0 Å². The van der Waals surface area contributed by atoms with Crippen LogP contribution in [0.5, 0.6) is 0 Å². The van der Waals surface area contributed by atoms with Gasteiger partial charge in [-0.2, -0.15) is 0 Å². The van der Waals surface area contributed by atoms with Gasteiger partial charge < -0.3 is 18.6 Å². The van der Waals surface area contributed by atoms with Crippen LogP contribution >= 0.6 is 0 Å². The van der Waals surface area contributed by atoms with Gasteiger partial charge in [0.2, 0.25) is 11.8 Å². The molecule has 2 aromatic carbocycles. The topological polar surface area (TPSA) is 77.7 Å². The zero-order chi connectivity index (χ0) is 26.1. The number of nitrogens with one attached hydrogen (secondary N) is 1. The summed E-state index contributed by atoms with van der Waals surface area (Å²) >= 11 is 0. The highest BCUT2D eigenvalue weighted by Crippen LogP contribution is 2.43. The molecule has 38 heavy (non-hydrogen) atoms. The predicted molar refractivity (Wildman–Crippen MR) is 146 cm³/mol. The number of hydrogen-bond acceptors (Lipinski definition) is 5. The van der Waals surface area contributed by atoms with Crippen LogP contribution in [-0.4, -0.2) is 71.9 Å². The standard InChI is InChI=1S/C30H34N4O4/c1-2-32-11-15-37-17-13-33-19-23(21-7-3-5-9-25(21)33)27-28(30(36)31-29(27)35)24-20-34(14-18-38-16-12-32)26-10-6-4-8-22(24)26/h3-10,19-20,27-28H,2,11-18H2,1H3,(H,31,35,36). The number of hydrogen-bond donors (Lipinski definition) is 1. The maximum Gasteiger partial charge on any atom is 0.235 e. The number of para-hydroxylation sites is 2. The number of ether oxygens (including phenoxy) is 2. The summed E-state index contributed by atoms with van der Waals surface area (Å²) < 4.78 is 16.3. The van der Waals surface area contributed by atoms with Gasteiger partial charge >= 0.3 is 0 Å². The molecular formula is C30H34N4O4. The lowest BCUT2D eigenvalue weighted by atomic mass is 9.83. The van der Waals surface area contributed by atoms with Crippen LogP contribution in [0.3, 0.4) is 0 Å². The van der Waals surface area contributed by atoms with Gasteiger partial charge in [-0.15, -0.1) is 0 Å². The molecule has 0 aliphatic carbocycles. The van der Waals surface area contributed by atoms with Gasteiger partial charge in [0.1, 0.15) is 0 Å². The molecule has 2 aliphatic heterocycles. The van der Waals surface area contributed by atoms with E-state index in [0.717, 1.165) is 52.6 Å². The Hall–Kier alpha value is -3.46. The van der Waals surface area contributed by atoms with Crippen molar-refractivity contribution in [3.8, 4) is 0 Å². The molecular weight excluding hydrogens is 480 g/mol. The van der Waals surface area contributed by atoms with Gasteiger partial charge in [0.15, 0.2) is 0 Å². The lowest BCUT2D eigenvalue weighted by Crippen LogP contribution is -2.31. The fraction of sp³-hybridized carbons (Fsp3) is 0.400. The first-order valence-electron chi connectivity index (χ1n) is 13.5. The van der Waals surface area contributed by atoms with Gasteiger partial charge in [-0.05, 0) is 29.8 Å². The van der Waals surface area contributed by atoms with Gasteiger partial charge in [-0.25, -0.2) is 0 Å². The minimum absolute atomic E-state index is 0.245. The molecule has 2 aliphatic rings. The number of carbonyl (C=O) groups is 2. The van der Waals surface area contributed by atoms with E-state index in [1.165, 1.54) is 0 Å². The van der Waals surface area contributed by atoms with E-state index in [1.54, 1.807) is 0 Å². The van der Waals surface area contributed by atoms with Crippen LogP contribution in [-0.2, 0) is 32.2 Å². The average molecular weight is 515 g/mol. The van der Waals surface area contributed by atoms with Crippen LogP contribution in [0.2, 0.25) is 0 Å². The van der Waals surface area contributed by atoms with Gasteiger partial charge in [0.05, 0.1) is 38.3 Å². The Balaban J connectivity index is 1.45.